The van der Waals surface area contributed by atoms with Crippen LogP contribution in [0.15, 0.2) is 43.0 Å². The molecule has 3 aromatic rings. The number of hydrogen-bond acceptors (Lipinski definition) is 5. The summed E-state index contributed by atoms with van der Waals surface area (Å²) in [5.74, 6) is 0.139. The quantitative estimate of drug-likeness (QED) is 0.801. The summed E-state index contributed by atoms with van der Waals surface area (Å²) in [6.07, 6.45) is 2.90. The molecule has 1 N–H and O–H groups in total. The molecule has 7 nitrogen and oxygen atoms in total. The fraction of sp³-hybridized carbons (Fsp3) is 0.0714. The van der Waals surface area contributed by atoms with Crippen LogP contribution in [0.1, 0.15) is 16.1 Å². The van der Waals surface area contributed by atoms with Gasteiger partial charge < -0.3 is 5.32 Å². The van der Waals surface area contributed by atoms with Gasteiger partial charge in [-0.15, -0.1) is 10.2 Å². The highest BCUT2D eigenvalue weighted by Crippen LogP contribution is 2.20. The Kier molecular flexibility index (Phi) is 3.80. The van der Waals surface area contributed by atoms with Crippen LogP contribution in [-0.4, -0.2) is 30.9 Å². The monoisotopic (exact) mass is 314 g/mol. The van der Waals surface area contributed by atoms with E-state index in [1.54, 1.807) is 30.3 Å². The molecule has 0 radical (unpaired) electrons. The van der Waals surface area contributed by atoms with Crippen molar-refractivity contribution in [2.45, 2.75) is 6.92 Å². The predicted molar refractivity (Wildman–Crippen MR) is 81.1 cm³/mol. The lowest BCUT2D eigenvalue weighted by molar-refractivity contribution is 0.102. The molecule has 0 aliphatic heterocycles. The fourth-order valence-electron chi connectivity index (χ4n) is 1.85. The molecule has 0 fully saturated rings. The average molecular weight is 315 g/mol. The van der Waals surface area contributed by atoms with Gasteiger partial charge in [-0.3, -0.25) is 4.79 Å². The first kappa shape index (κ1) is 14.2. The number of rotatable bonds is 3. The van der Waals surface area contributed by atoms with Gasteiger partial charge >= 0.3 is 0 Å². The van der Waals surface area contributed by atoms with Crippen LogP contribution in [0.25, 0.3) is 5.82 Å². The van der Waals surface area contributed by atoms with E-state index in [0.29, 0.717) is 16.5 Å². The molecule has 8 heteroatoms. The molecule has 0 saturated heterocycles. The summed E-state index contributed by atoms with van der Waals surface area (Å²) in [7, 11) is 0. The Morgan fingerprint density at radius 3 is 2.73 bits per heavy atom. The number of nitrogens with one attached hydrogen (secondary N) is 1. The summed E-state index contributed by atoms with van der Waals surface area (Å²) < 4.78 is 1.46. The maximum Gasteiger partial charge on any atom is 0.276 e. The number of nitrogens with zero attached hydrogens (tertiary/aromatic N) is 5. The van der Waals surface area contributed by atoms with E-state index in [2.05, 4.69) is 25.6 Å². The highest BCUT2D eigenvalue weighted by Gasteiger charge is 2.11. The number of anilines is 1. The highest BCUT2D eigenvalue weighted by atomic mass is 35.5. The van der Waals surface area contributed by atoms with Gasteiger partial charge in [-0.25, -0.2) is 9.67 Å². The van der Waals surface area contributed by atoms with Crippen molar-refractivity contribution in [3.63, 3.8) is 0 Å². The number of carbonyl (C=O) groups excluding carboxylic acids is 1. The number of benzene rings is 1. The maximum atomic E-state index is 12.2. The summed E-state index contributed by atoms with van der Waals surface area (Å²) in [6.45, 7) is 1.86. The minimum Gasteiger partial charge on any atom is -0.320 e. The summed E-state index contributed by atoms with van der Waals surface area (Å²) in [6, 6.07) is 8.45. The van der Waals surface area contributed by atoms with Crippen LogP contribution in [0, 0.1) is 6.92 Å². The Labute approximate surface area is 131 Å². The molecule has 0 atom stereocenters. The number of aryl methyl sites for hydroxylation is 1. The van der Waals surface area contributed by atoms with E-state index >= 15 is 0 Å². The number of aromatic nitrogens is 5. The van der Waals surface area contributed by atoms with Crippen molar-refractivity contribution in [3.8, 4) is 5.82 Å². The van der Waals surface area contributed by atoms with E-state index in [4.69, 9.17) is 11.6 Å². The Hall–Kier alpha value is -2.80. The molecular formula is C14H11ClN6O. The zero-order chi connectivity index (χ0) is 15.5. The molecule has 0 unspecified atom stereocenters. The van der Waals surface area contributed by atoms with Gasteiger partial charge in [-0.2, -0.15) is 5.10 Å². The molecule has 3 rings (SSSR count). The van der Waals surface area contributed by atoms with Crippen molar-refractivity contribution < 1.29 is 4.79 Å². The number of hydrogen-bond donors (Lipinski definition) is 1. The molecule has 1 aromatic carbocycles. The number of carbonyl (C=O) groups is 1. The second kappa shape index (κ2) is 5.90. The molecule has 2 aromatic heterocycles. The van der Waals surface area contributed by atoms with Gasteiger partial charge in [0.15, 0.2) is 11.5 Å². The Balaban J connectivity index is 1.77. The fourth-order valence-corrected chi connectivity index (χ4v) is 2.08. The zero-order valence-corrected chi connectivity index (χ0v) is 12.3. The molecule has 0 spiro atoms. The SMILES string of the molecule is Cc1cc(Cl)ccc1NC(=O)c1ccc(-n2cncn2)nn1. The van der Waals surface area contributed by atoms with Crippen molar-refractivity contribution >= 4 is 23.2 Å². The van der Waals surface area contributed by atoms with Crippen molar-refractivity contribution in [1.82, 2.24) is 25.0 Å². The van der Waals surface area contributed by atoms with Gasteiger partial charge in [-0.05, 0) is 42.8 Å². The summed E-state index contributed by atoms with van der Waals surface area (Å²) in [5, 5.41) is 15.2. The first-order valence-electron chi connectivity index (χ1n) is 6.40. The normalized spacial score (nSPS) is 10.5. The van der Waals surface area contributed by atoms with Crippen LogP contribution in [0.4, 0.5) is 5.69 Å². The number of amides is 1. The summed E-state index contributed by atoms with van der Waals surface area (Å²) in [4.78, 5) is 16.0. The molecule has 22 heavy (non-hydrogen) atoms. The lowest BCUT2D eigenvalue weighted by Gasteiger charge is -2.08. The van der Waals surface area contributed by atoms with Crippen LogP contribution in [0.5, 0.6) is 0 Å². The second-order valence-corrected chi connectivity index (χ2v) is 4.97. The third-order valence-electron chi connectivity index (χ3n) is 2.97. The van der Waals surface area contributed by atoms with Crippen molar-refractivity contribution in [2.24, 2.45) is 0 Å². The van der Waals surface area contributed by atoms with Gasteiger partial charge in [0, 0.05) is 10.7 Å². The third kappa shape index (κ3) is 2.94. The topological polar surface area (TPSA) is 85.6 Å². The minimum atomic E-state index is -0.344. The van der Waals surface area contributed by atoms with Gasteiger partial charge in [0.05, 0.1) is 0 Å². The smallest absolute Gasteiger partial charge is 0.276 e. The van der Waals surface area contributed by atoms with E-state index in [0.717, 1.165) is 5.56 Å². The van der Waals surface area contributed by atoms with Gasteiger partial charge in [0.1, 0.15) is 12.7 Å². The van der Waals surface area contributed by atoms with E-state index in [1.807, 2.05) is 6.92 Å². The van der Waals surface area contributed by atoms with Crippen molar-refractivity contribution in [1.29, 1.82) is 0 Å². The van der Waals surface area contributed by atoms with Crippen LogP contribution < -0.4 is 5.32 Å². The maximum absolute atomic E-state index is 12.2. The van der Waals surface area contributed by atoms with Crippen LogP contribution in [0.2, 0.25) is 5.02 Å². The van der Waals surface area contributed by atoms with E-state index in [9.17, 15) is 4.79 Å². The van der Waals surface area contributed by atoms with Crippen LogP contribution in [-0.2, 0) is 0 Å². The minimum absolute atomic E-state index is 0.207. The largest absolute Gasteiger partial charge is 0.320 e. The van der Waals surface area contributed by atoms with Gasteiger partial charge in [0.2, 0.25) is 0 Å². The predicted octanol–water partition coefficient (Wildman–Crippen LogP) is 2.27. The van der Waals surface area contributed by atoms with Gasteiger partial charge in [-0.1, -0.05) is 11.6 Å². The summed E-state index contributed by atoms with van der Waals surface area (Å²) in [5.41, 5.74) is 1.75. The molecule has 110 valence electrons. The standard InChI is InChI=1S/C14H11ClN6O/c1-9-6-10(15)2-3-11(9)18-14(22)12-4-5-13(20-19-12)21-8-16-7-17-21/h2-8H,1H3,(H,18,22). The van der Waals surface area contributed by atoms with E-state index in [-0.39, 0.29) is 11.6 Å². The Morgan fingerprint density at radius 1 is 1.23 bits per heavy atom. The third-order valence-corrected chi connectivity index (χ3v) is 3.21. The zero-order valence-electron chi connectivity index (χ0n) is 11.6. The molecule has 2 heterocycles. The lowest BCUT2D eigenvalue weighted by Crippen LogP contribution is -2.15. The molecule has 0 aliphatic carbocycles. The second-order valence-electron chi connectivity index (χ2n) is 4.53. The lowest BCUT2D eigenvalue weighted by atomic mass is 10.2. The van der Waals surface area contributed by atoms with Crippen LogP contribution in [0.3, 0.4) is 0 Å². The summed E-state index contributed by atoms with van der Waals surface area (Å²) >= 11 is 5.89. The van der Waals surface area contributed by atoms with Crippen molar-refractivity contribution in [2.75, 3.05) is 5.32 Å². The Bertz CT molecular complexity index is 801. The van der Waals surface area contributed by atoms with E-state index in [1.165, 1.54) is 17.3 Å². The molecule has 1 amide bonds. The van der Waals surface area contributed by atoms with Crippen LogP contribution >= 0.6 is 11.6 Å². The number of halogens is 1. The molecule has 0 saturated carbocycles. The first-order chi connectivity index (χ1) is 10.6. The van der Waals surface area contributed by atoms with Gasteiger partial charge in [0.25, 0.3) is 5.91 Å². The molecule has 0 aliphatic rings. The molecule has 0 bridgehead atoms. The van der Waals surface area contributed by atoms with Crippen molar-refractivity contribution in [3.05, 3.63) is 59.3 Å². The highest BCUT2D eigenvalue weighted by molar-refractivity contribution is 6.30. The average Bonchev–Trinajstić information content (AvgIpc) is 3.04. The Morgan fingerprint density at radius 2 is 2.09 bits per heavy atom. The van der Waals surface area contributed by atoms with E-state index < -0.39 is 0 Å². The first-order valence-corrected chi connectivity index (χ1v) is 6.77. The molecular weight excluding hydrogens is 304 g/mol.